The number of pyridine rings is 1. The zero-order chi connectivity index (χ0) is 38.9. The smallest absolute Gasteiger partial charge is 0.254 e. The maximum absolute atomic E-state index is 5.32. The van der Waals surface area contributed by atoms with Gasteiger partial charge in [0.2, 0.25) is 0 Å². The number of rotatable bonds is 2. The van der Waals surface area contributed by atoms with Gasteiger partial charge in [0, 0.05) is 34.6 Å². The summed E-state index contributed by atoms with van der Waals surface area (Å²) in [6.45, 7) is 33.0. The van der Waals surface area contributed by atoms with Crippen LogP contribution in [0.2, 0.25) is 0 Å². The van der Waals surface area contributed by atoms with Crippen LogP contribution in [0.3, 0.4) is 0 Å². The molecule has 0 saturated carbocycles. The Morgan fingerprint density at radius 1 is 0.537 bits per heavy atom. The van der Waals surface area contributed by atoms with Gasteiger partial charge in [0.25, 0.3) is 6.71 Å². The first kappa shape index (κ1) is 36.7. The van der Waals surface area contributed by atoms with Crippen LogP contribution in [0.4, 0.5) is 34.3 Å². The van der Waals surface area contributed by atoms with Crippen molar-refractivity contribution in [2.45, 2.75) is 137 Å². The highest BCUT2D eigenvalue weighted by Gasteiger charge is 2.47. The molecule has 54 heavy (non-hydrogen) atoms. The molecule has 4 aromatic carbocycles. The van der Waals surface area contributed by atoms with Crippen molar-refractivity contribution in [3.05, 3.63) is 118 Å². The molecular weight excluding hydrogens is 653 g/mol. The lowest BCUT2D eigenvalue weighted by atomic mass is 9.33. The standard InChI is InChI=1S/C50H60BN3/c1-31-15-20-41-39(25-31)51-40-29-37-38(50(13,14)23-22-49(37,11)12)30-43(40)53(36-27-33(47(5,6)7)26-34(28-36)48(8,9)10)42-21-24-52-45(44(42)51)54(41)35-18-16-32(17-19-35)46(2,3)4/h15-21,24-30H,22-23H2,1-14H3. The second-order valence-corrected chi connectivity index (χ2v) is 21.0. The van der Waals surface area contributed by atoms with E-state index in [1.807, 2.05) is 6.20 Å². The van der Waals surface area contributed by atoms with E-state index >= 15 is 0 Å². The summed E-state index contributed by atoms with van der Waals surface area (Å²) in [6.07, 6.45) is 4.40. The fraction of sp³-hybridized carbons (Fsp3) is 0.420. The van der Waals surface area contributed by atoms with E-state index in [9.17, 15) is 0 Å². The van der Waals surface area contributed by atoms with Crippen LogP contribution in [-0.2, 0) is 27.1 Å². The van der Waals surface area contributed by atoms with Crippen molar-refractivity contribution in [1.82, 2.24) is 4.98 Å². The van der Waals surface area contributed by atoms with Gasteiger partial charge in [0.1, 0.15) is 5.82 Å². The van der Waals surface area contributed by atoms with Crippen molar-refractivity contribution in [2.75, 3.05) is 9.80 Å². The highest BCUT2D eigenvalue weighted by Crippen LogP contribution is 2.50. The Balaban J connectivity index is 1.48. The third-order valence-corrected chi connectivity index (χ3v) is 12.9. The fourth-order valence-corrected chi connectivity index (χ4v) is 9.23. The van der Waals surface area contributed by atoms with Gasteiger partial charge in [-0.2, -0.15) is 0 Å². The molecule has 0 radical (unpaired) electrons. The van der Waals surface area contributed by atoms with Crippen LogP contribution < -0.4 is 26.2 Å². The summed E-state index contributed by atoms with van der Waals surface area (Å²) in [7, 11) is 0. The Bertz CT molecular complexity index is 2270. The van der Waals surface area contributed by atoms with Crippen molar-refractivity contribution in [3.63, 3.8) is 0 Å². The van der Waals surface area contributed by atoms with Gasteiger partial charge in [-0.25, -0.2) is 4.98 Å². The number of aryl methyl sites for hydroxylation is 1. The maximum atomic E-state index is 5.32. The van der Waals surface area contributed by atoms with Crippen LogP contribution in [0.1, 0.15) is 136 Å². The second kappa shape index (κ2) is 11.8. The van der Waals surface area contributed by atoms with Crippen molar-refractivity contribution in [1.29, 1.82) is 0 Å². The van der Waals surface area contributed by atoms with Gasteiger partial charge < -0.3 is 4.90 Å². The molecule has 1 aromatic heterocycles. The number of hydrogen-bond donors (Lipinski definition) is 0. The minimum absolute atomic E-state index is 0.0107. The Hall–Kier alpha value is -4.31. The molecular formula is C50H60BN3. The molecule has 3 heterocycles. The largest absolute Gasteiger partial charge is 0.311 e. The first-order chi connectivity index (χ1) is 25.1. The van der Waals surface area contributed by atoms with E-state index in [4.69, 9.17) is 4.98 Å². The molecule has 2 aliphatic heterocycles. The van der Waals surface area contributed by atoms with E-state index in [1.165, 1.54) is 85.4 Å². The molecule has 0 unspecified atom stereocenters. The third kappa shape index (κ3) is 5.82. The fourth-order valence-electron chi connectivity index (χ4n) is 9.23. The van der Waals surface area contributed by atoms with Gasteiger partial charge in [0.05, 0.1) is 0 Å². The summed E-state index contributed by atoms with van der Waals surface area (Å²) < 4.78 is 0. The molecule has 0 bridgehead atoms. The Morgan fingerprint density at radius 2 is 1.09 bits per heavy atom. The molecule has 3 aliphatic rings. The number of nitrogens with zero attached hydrogens (tertiary/aromatic N) is 3. The lowest BCUT2D eigenvalue weighted by Crippen LogP contribution is -2.62. The van der Waals surface area contributed by atoms with Gasteiger partial charge in [-0.3, -0.25) is 4.90 Å². The first-order valence-electron chi connectivity index (χ1n) is 20.2. The topological polar surface area (TPSA) is 19.4 Å². The van der Waals surface area contributed by atoms with Crippen LogP contribution in [0.5, 0.6) is 0 Å². The van der Waals surface area contributed by atoms with Crippen molar-refractivity contribution in [3.8, 4) is 0 Å². The predicted octanol–water partition coefficient (Wildman–Crippen LogP) is 11.7. The average Bonchev–Trinajstić information content (AvgIpc) is 3.08. The molecule has 278 valence electrons. The van der Waals surface area contributed by atoms with Crippen LogP contribution in [0.25, 0.3) is 0 Å². The van der Waals surface area contributed by atoms with E-state index in [0.717, 1.165) is 11.5 Å². The zero-order valence-electron chi connectivity index (χ0n) is 35.4. The summed E-state index contributed by atoms with van der Waals surface area (Å²) >= 11 is 0. The van der Waals surface area contributed by atoms with E-state index < -0.39 is 0 Å². The van der Waals surface area contributed by atoms with Gasteiger partial charge in [0.15, 0.2) is 0 Å². The zero-order valence-corrected chi connectivity index (χ0v) is 35.4. The van der Waals surface area contributed by atoms with Gasteiger partial charge in [-0.15, -0.1) is 0 Å². The highest BCUT2D eigenvalue weighted by atomic mass is 15.2. The van der Waals surface area contributed by atoms with E-state index in [2.05, 4.69) is 186 Å². The van der Waals surface area contributed by atoms with E-state index in [-0.39, 0.29) is 33.8 Å². The molecule has 1 aliphatic carbocycles. The van der Waals surface area contributed by atoms with Crippen LogP contribution >= 0.6 is 0 Å². The quantitative estimate of drug-likeness (QED) is 0.166. The molecule has 0 N–H and O–H groups in total. The normalized spacial score (nSPS) is 17.1. The first-order valence-corrected chi connectivity index (χ1v) is 20.2. The SMILES string of the molecule is Cc1ccc2c(c1)B1c3cc4c(cc3N(c3cc(C(C)(C)C)cc(C(C)(C)C)c3)c3ccnc(c31)N2c1ccc(C(C)(C)C)cc1)C(C)(C)CCC4(C)C. The van der Waals surface area contributed by atoms with Crippen molar-refractivity contribution in [2.24, 2.45) is 0 Å². The van der Waals surface area contributed by atoms with Crippen molar-refractivity contribution < 1.29 is 0 Å². The number of fused-ring (bicyclic) bond motifs is 5. The minimum atomic E-state index is -0.0107. The molecule has 8 rings (SSSR count). The number of aromatic nitrogens is 1. The minimum Gasteiger partial charge on any atom is -0.311 e. The molecule has 0 saturated heterocycles. The lowest BCUT2D eigenvalue weighted by molar-refractivity contribution is 0.332. The average molecular weight is 714 g/mol. The molecule has 5 aromatic rings. The van der Waals surface area contributed by atoms with E-state index in [1.54, 1.807) is 0 Å². The Kier molecular flexibility index (Phi) is 8.04. The summed E-state index contributed by atoms with van der Waals surface area (Å²) in [6, 6.07) is 31.1. The maximum Gasteiger partial charge on any atom is 0.254 e. The Morgan fingerprint density at radius 3 is 1.67 bits per heavy atom. The molecule has 0 atom stereocenters. The number of anilines is 6. The second-order valence-electron chi connectivity index (χ2n) is 21.0. The molecule has 0 spiro atoms. The molecule has 4 heteroatoms. The van der Waals surface area contributed by atoms with Crippen molar-refractivity contribution >= 4 is 57.4 Å². The lowest BCUT2D eigenvalue weighted by Gasteiger charge is -2.47. The van der Waals surface area contributed by atoms with Gasteiger partial charge in [-0.05, 0) is 134 Å². The summed E-state index contributed by atoms with van der Waals surface area (Å²) in [4.78, 5) is 10.4. The van der Waals surface area contributed by atoms with E-state index in [0.29, 0.717) is 0 Å². The third-order valence-electron chi connectivity index (χ3n) is 12.9. The number of benzene rings is 4. The van der Waals surface area contributed by atoms with Gasteiger partial charge in [-0.1, -0.05) is 132 Å². The Labute approximate surface area is 326 Å². The molecule has 0 amide bonds. The summed E-state index contributed by atoms with van der Waals surface area (Å²) in [5.74, 6) is 1.02. The predicted molar refractivity (Wildman–Crippen MR) is 234 cm³/mol. The molecule has 0 fully saturated rings. The number of hydrogen-bond acceptors (Lipinski definition) is 3. The monoisotopic (exact) mass is 713 g/mol. The molecule has 3 nitrogen and oxygen atoms in total. The van der Waals surface area contributed by atoms with Crippen LogP contribution in [0.15, 0.2) is 85.1 Å². The summed E-state index contributed by atoms with van der Waals surface area (Å²) in [5.41, 5.74) is 18.7. The summed E-state index contributed by atoms with van der Waals surface area (Å²) in [5, 5.41) is 0. The highest BCUT2D eigenvalue weighted by molar-refractivity contribution is 7.00. The van der Waals surface area contributed by atoms with Crippen LogP contribution in [0, 0.1) is 6.92 Å². The van der Waals surface area contributed by atoms with Crippen LogP contribution in [-0.4, -0.2) is 11.7 Å². The van der Waals surface area contributed by atoms with Gasteiger partial charge >= 0.3 is 0 Å².